The molecule has 0 aliphatic rings. The van der Waals surface area contributed by atoms with E-state index in [-0.39, 0.29) is 5.91 Å². The van der Waals surface area contributed by atoms with E-state index in [4.69, 9.17) is 9.47 Å². The topological polar surface area (TPSA) is 52.8 Å². The van der Waals surface area contributed by atoms with E-state index in [0.29, 0.717) is 22.7 Å². The lowest BCUT2D eigenvalue weighted by molar-refractivity contribution is -0.117. The monoisotopic (exact) mass is 342 g/mol. The minimum Gasteiger partial charge on any atom is -0.493 e. The molecular weight excluding hydrogens is 324 g/mol. The Kier molecular flexibility index (Phi) is 4.66. The summed E-state index contributed by atoms with van der Waals surface area (Å²) in [7, 11) is 5.09. The summed E-state index contributed by atoms with van der Waals surface area (Å²) in [5.41, 5.74) is 1.90. The average Bonchev–Trinajstić information content (AvgIpc) is 2.89. The van der Waals surface area contributed by atoms with Gasteiger partial charge in [-0.2, -0.15) is 4.99 Å². The molecule has 1 heterocycles. The first-order valence-electron chi connectivity index (χ1n) is 7.45. The fourth-order valence-corrected chi connectivity index (χ4v) is 3.52. The molecule has 6 heteroatoms. The number of amides is 1. The van der Waals surface area contributed by atoms with Crippen LogP contribution in [0.15, 0.2) is 47.5 Å². The quantitative estimate of drug-likeness (QED) is 0.732. The van der Waals surface area contributed by atoms with Crippen LogP contribution in [0, 0.1) is 0 Å². The molecule has 5 nitrogen and oxygen atoms in total. The molecule has 2 aromatic carbocycles. The maximum Gasteiger partial charge on any atom is 0.252 e. The first-order valence-corrected chi connectivity index (χ1v) is 8.27. The molecule has 0 aliphatic heterocycles. The van der Waals surface area contributed by atoms with Gasteiger partial charge in [-0.05, 0) is 5.56 Å². The highest BCUT2D eigenvalue weighted by Gasteiger charge is 2.11. The summed E-state index contributed by atoms with van der Waals surface area (Å²) in [5.74, 6) is 1.15. The van der Waals surface area contributed by atoms with Gasteiger partial charge in [0, 0.05) is 19.2 Å². The van der Waals surface area contributed by atoms with Gasteiger partial charge >= 0.3 is 0 Å². The zero-order chi connectivity index (χ0) is 17.1. The summed E-state index contributed by atoms with van der Waals surface area (Å²) in [6, 6.07) is 13.4. The SMILES string of the molecule is COc1cc2sc(=NC(=O)Cc3ccccc3)n(C)c2cc1OC. The summed E-state index contributed by atoms with van der Waals surface area (Å²) in [5, 5.41) is 0. The van der Waals surface area contributed by atoms with Crippen molar-refractivity contribution in [1.82, 2.24) is 4.57 Å². The van der Waals surface area contributed by atoms with Gasteiger partial charge in [-0.15, -0.1) is 0 Å². The van der Waals surface area contributed by atoms with Crippen LogP contribution >= 0.6 is 11.3 Å². The second-order valence-corrected chi connectivity index (χ2v) is 6.30. The van der Waals surface area contributed by atoms with Crippen LogP contribution in [0.2, 0.25) is 0 Å². The minimum atomic E-state index is -0.165. The molecule has 3 rings (SSSR count). The molecule has 0 saturated heterocycles. The molecule has 1 aromatic heterocycles. The Balaban J connectivity index is 2.00. The maximum atomic E-state index is 12.2. The number of aromatic nitrogens is 1. The predicted molar refractivity (Wildman–Crippen MR) is 94.6 cm³/mol. The van der Waals surface area contributed by atoms with Gasteiger partial charge in [-0.25, -0.2) is 0 Å². The van der Waals surface area contributed by atoms with Gasteiger partial charge in [-0.1, -0.05) is 41.7 Å². The number of carbonyl (C=O) groups is 1. The van der Waals surface area contributed by atoms with Crippen molar-refractivity contribution in [2.45, 2.75) is 6.42 Å². The average molecular weight is 342 g/mol. The van der Waals surface area contributed by atoms with Gasteiger partial charge in [0.2, 0.25) is 0 Å². The summed E-state index contributed by atoms with van der Waals surface area (Å²) in [6.07, 6.45) is 0.293. The van der Waals surface area contributed by atoms with E-state index in [1.165, 1.54) is 11.3 Å². The van der Waals surface area contributed by atoms with E-state index in [2.05, 4.69) is 4.99 Å². The molecule has 0 aliphatic carbocycles. The number of thiazole rings is 1. The van der Waals surface area contributed by atoms with E-state index < -0.39 is 0 Å². The number of ether oxygens (including phenoxy) is 2. The summed E-state index contributed by atoms with van der Waals surface area (Å²) in [4.78, 5) is 17.2. The lowest BCUT2D eigenvalue weighted by atomic mass is 10.1. The van der Waals surface area contributed by atoms with Crippen molar-refractivity contribution in [2.75, 3.05) is 14.2 Å². The second-order valence-electron chi connectivity index (χ2n) is 5.29. The van der Waals surface area contributed by atoms with Crippen molar-refractivity contribution in [3.63, 3.8) is 0 Å². The molecule has 124 valence electrons. The Morgan fingerprint density at radius 3 is 2.46 bits per heavy atom. The number of aryl methyl sites for hydroxylation is 1. The van der Waals surface area contributed by atoms with E-state index in [9.17, 15) is 4.79 Å². The predicted octanol–water partition coefficient (Wildman–Crippen LogP) is 2.93. The molecule has 0 radical (unpaired) electrons. The van der Waals surface area contributed by atoms with Crippen LogP contribution in [0.25, 0.3) is 10.2 Å². The van der Waals surface area contributed by atoms with Crippen LogP contribution in [0.5, 0.6) is 11.5 Å². The van der Waals surface area contributed by atoms with Crippen molar-refractivity contribution in [3.05, 3.63) is 52.8 Å². The van der Waals surface area contributed by atoms with Crippen LogP contribution < -0.4 is 14.3 Å². The maximum absolute atomic E-state index is 12.2. The smallest absolute Gasteiger partial charge is 0.252 e. The van der Waals surface area contributed by atoms with E-state index >= 15 is 0 Å². The summed E-state index contributed by atoms with van der Waals surface area (Å²) >= 11 is 1.45. The molecule has 0 spiro atoms. The first kappa shape index (κ1) is 16.3. The Morgan fingerprint density at radius 1 is 1.12 bits per heavy atom. The van der Waals surface area contributed by atoms with Crippen molar-refractivity contribution in [3.8, 4) is 11.5 Å². The third kappa shape index (κ3) is 3.19. The molecule has 0 saturated carbocycles. The van der Waals surface area contributed by atoms with Crippen LogP contribution in [-0.2, 0) is 18.3 Å². The number of rotatable bonds is 4. The van der Waals surface area contributed by atoms with Crippen LogP contribution in [0.1, 0.15) is 5.56 Å². The molecule has 0 atom stereocenters. The molecule has 0 fully saturated rings. The summed E-state index contributed by atoms with van der Waals surface area (Å²) in [6.45, 7) is 0. The van der Waals surface area contributed by atoms with E-state index in [0.717, 1.165) is 15.8 Å². The highest BCUT2D eigenvalue weighted by atomic mass is 32.1. The standard InChI is InChI=1S/C18H18N2O3S/c1-20-13-10-14(22-2)15(23-3)11-16(13)24-18(20)19-17(21)9-12-7-5-4-6-8-12/h4-8,10-11H,9H2,1-3H3. The largest absolute Gasteiger partial charge is 0.493 e. The van der Waals surface area contributed by atoms with Crippen molar-refractivity contribution in [2.24, 2.45) is 12.0 Å². The number of benzene rings is 2. The highest BCUT2D eigenvalue weighted by molar-refractivity contribution is 7.16. The lowest BCUT2D eigenvalue weighted by Gasteiger charge is -2.07. The van der Waals surface area contributed by atoms with Crippen LogP contribution in [0.3, 0.4) is 0 Å². The second kappa shape index (κ2) is 6.88. The van der Waals surface area contributed by atoms with Gasteiger partial charge < -0.3 is 14.0 Å². The van der Waals surface area contributed by atoms with Crippen molar-refractivity contribution < 1.29 is 14.3 Å². The number of hydrogen-bond acceptors (Lipinski definition) is 4. The van der Waals surface area contributed by atoms with Gasteiger partial charge in [0.15, 0.2) is 16.3 Å². The number of nitrogens with zero attached hydrogens (tertiary/aromatic N) is 2. The molecule has 24 heavy (non-hydrogen) atoms. The Morgan fingerprint density at radius 2 is 1.79 bits per heavy atom. The number of hydrogen-bond donors (Lipinski definition) is 0. The Labute approximate surface area is 143 Å². The third-order valence-corrected chi connectivity index (χ3v) is 4.83. The number of fused-ring (bicyclic) bond motifs is 1. The molecule has 0 unspecified atom stereocenters. The molecule has 1 amide bonds. The van der Waals surface area contributed by atoms with Gasteiger partial charge in [0.25, 0.3) is 5.91 Å². The molecule has 0 N–H and O–H groups in total. The molecular formula is C18H18N2O3S. The zero-order valence-electron chi connectivity index (χ0n) is 13.8. The fourth-order valence-electron chi connectivity index (χ4n) is 2.48. The van der Waals surface area contributed by atoms with Crippen LogP contribution in [0.4, 0.5) is 0 Å². The summed E-state index contributed by atoms with van der Waals surface area (Å²) < 4.78 is 13.5. The van der Waals surface area contributed by atoms with Crippen molar-refractivity contribution >= 4 is 27.5 Å². The lowest BCUT2D eigenvalue weighted by Crippen LogP contribution is -2.14. The fraction of sp³-hybridized carbons (Fsp3) is 0.222. The Hall–Kier alpha value is -2.60. The number of carbonyl (C=O) groups excluding carboxylic acids is 1. The van der Waals surface area contributed by atoms with Crippen molar-refractivity contribution in [1.29, 1.82) is 0 Å². The van der Waals surface area contributed by atoms with Gasteiger partial charge in [-0.3, -0.25) is 4.79 Å². The van der Waals surface area contributed by atoms with Gasteiger partial charge in [0.1, 0.15) is 0 Å². The third-order valence-electron chi connectivity index (χ3n) is 3.73. The molecule has 0 bridgehead atoms. The van der Waals surface area contributed by atoms with Gasteiger partial charge in [0.05, 0.1) is 30.9 Å². The van der Waals surface area contributed by atoms with E-state index in [1.807, 2.05) is 54.1 Å². The first-order chi connectivity index (χ1) is 11.6. The zero-order valence-corrected chi connectivity index (χ0v) is 14.6. The number of methoxy groups -OCH3 is 2. The Bertz CT molecular complexity index is 942. The van der Waals surface area contributed by atoms with E-state index in [1.54, 1.807) is 14.2 Å². The van der Waals surface area contributed by atoms with Crippen LogP contribution in [-0.4, -0.2) is 24.7 Å². The highest BCUT2D eigenvalue weighted by Crippen LogP contribution is 2.32. The minimum absolute atomic E-state index is 0.165. The molecule has 3 aromatic rings. The normalized spacial score (nSPS) is 11.7.